The molecule has 0 aromatic heterocycles. The van der Waals surface area contributed by atoms with Crippen molar-refractivity contribution >= 4 is 0 Å². The molecule has 0 spiro atoms. The van der Waals surface area contributed by atoms with Crippen molar-refractivity contribution in [3.8, 4) is 0 Å². The van der Waals surface area contributed by atoms with Gasteiger partial charge in [-0.3, -0.25) is 0 Å². The zero-order valence-electron chi connectivity index (χ0n) is 6.09. The lowest BCUT2D eigenvalue weighted by molar-refractivity contribution is 0.339. The fourth-order valence-corrected chi connectivity index (χ4v) is 2.21. The number of hydrogen-bond acceptors (Lipinski definition) is 2. The third kappa shape index (κ3) is 0.528. The molecule has 2 fully saturated rings. The minimum atomic E-state index is 0.217. The normalized spacial score (nSPS) is 57.7. The molecule has 52 valence electrons. The van der Waals surface area contributed by atoms with Crippen molar-refractivity contribution in [3.63, 3.8) is 0 Å². The highest BCUT2D eigenvalue weighted by Gasteiger charge is 2.63. The van der Waals surface area contributed by atoms with Gasteiger partial charge >= 0.3 is 0 Å². The summed E-state index contributed by atoms with van der Waals surface area (Å²) in [5.41, 5.74) is 6.26. The summed E-state index contributed by atoms with van der Waals surface area (Å²) in [5.74, 6) is 1.59. The predicted octanol–water partition coefficient (Wildman–Crippen LogP) is -0.105. The van der Waals surface area contributed by atoms with E-state index >= 15 is 0 Å². The van der Waals surface area contributed by atoms with Crippen LogP contribution in [0.25, 0.3) is 0 Å². The van der Waals surface area contributed by atoms with Crippen LogP contribution in [0.3, 0.4) is 0 Å². The van der Waals surface area contributed by atoms with Crippen molar-refractivity contribution < 1.29 is 0 Å². The van der Waals surface area contributed by atoms with E-state index in [0.717, 1.165) is 18.4 Å². The Kier molecular flexibility index (Phi) is 0.837. The highest BCUT2D eigenvalue weighted by Crippen LogP contribution is 2.52. The standard InChI is InChI=1S/C7H14N2/c1-5-6-3-9(2)4-7(5,6)8/h5-6H,3-4,8H2,1-2H3/t5-,6-,7-/m1/s1. The smallest absolute Gasteiger partial charge is 0.0357 e. The Hall–Kier alpha value is -0.0800. The quantitative estimate of drug-likeness (QED) is 0.491. The summed E-state index contributed by atoms with van der Waals surface area (Å²) in [7, 11) is 2.15. The molecule has 0 bridgehead atoms. The topological polar surface area (TPSA) is 29.3 Å². The Labute approximate surface area is 56.0 Å². The van der Waals surface area contributed by atoms with Gasteiger partial charge in [0.15, 0.2) is 0 Å². The molecule has 0 aromatic carbocycles. The van der Waals surface area contributed by atoms with Crippen LogP contribution in [-0.2, 0) is 0 Å². The first-order valence-electron chi connectivity index (χ1n) is 3.62. The van der Waals surface area contributed by atoms with Gasteiger partial charge in [0, 0.05) is 18.6 Å². The Morgan fingerprint density at radius 2 is 2.33 bits per heavy atom. The minimum absolute atomic E-state index is 0.217. The zero-order chi connectivity index (χ0) is 6.65. The summed E-state index contributed by atoms with van der Waals surface area (Å²) in [6.07, 6.45) is 0. The lowest BCUT2D eigenvalue weighted by Crippen LogP contribution is -2.33. The van der Waals surface area contributed by atoms with Crippen LogP contribution in [0.5, 0.6) is 0 Å². The maximum Gasteiger partial charge on any atom is 0.0357 e. The van der Waals surface area contributed by atoms with E-state index in [9.17, 15) is 0 Å². The van der Waals surface area contributed by atoms with Crippen molar-refractivity contribution in [1.29, 1.82) is 0 Å². The molecule has 2 N–H and O–H groups in total. The first kappa shape index (κ1) is 5.69. The second-order valence-electron chi connectivity index (χ2n) is 3.70. The van der Waals surface area contributed by atoms with Crippen molar-refractivity contribution in [2.75, 3.05) is 20.1 Å². The summed E-state index contributed by atoms with van der Waals surface area (Å²) < 4.78 is 0. The van der Waals surface area contributed by atoms with Crippen molar-refractivity contribution in [2.24, 2.45) is 17.6 Å². The molecule has 2 heteroatoms. The fourth-order valence-electron chi connectivity index (χ4n) is 2.21. The van der Waals surface area contributed by atoms with E-state index in [0.29, 0.717) is 0 Å². The predicted molar refractivity (Wildman–Crippen MR) is 37.1 cm³/mol. The van der Waals surface area contributed by atoms with Gasteiger partial charge in [0.1, 0.15) is 0 Å². The van der Waals surface area contributed by atoms with E-state index in [1.54, 1.807) is 0 Å². The molecule has 1 saturated heterocycles. The van der Waals surface area contributed by atoms with Crippen molar-refractivity contribution in [2.45, 2.75) is 12.5 Å². The van der Waals surface area contributed by atoms with Gasteiger partial charge in [-0.2, -0.15) is 0 Å². The monoisotopic (exact) mass is 126 g/mol. The van der Waals surface area contributed by atoms with Gasteiger partial charge in [-0.05, 0) is 18.9 Å². The Morgan fingerprint density at radius 1 is 1.67 bits per heavy atom. The molecule has 1 saturated carbocycles. The molecule has 2 aliphatic rings. The Bertz CT molecular complexity index is 146. The SMILES string of the molecule is C[C@@H]1[C@H]2CN(C)C[C@@]12N. The van der Waals surface area contributed by atoms with Crippen LogP contribution >= 0.6 is 0 Å². The molecular formula is C7H14N2. The number of fused-ring (bicyclic) bond motifs is 1. The molecular weight excluding hydrogens is 112 g/mol. The second-order valence-corrected chi connectivity index (χ2v) is 3.70. The van der Waals surface area contributed by atoms with Crippen LogP contribution in [0.2, 0.25) is 0 Å². The van der Waals surface area contributed by atoms with E-state index in [4.69, 9.17) is 5.73 Å². The number of nitrogens with two attached hydrogens (primary N) is 1. The Morgan fingerprint density at radius 3 is 2.67 bits per heavy atom. The molecule has 0 unspecified atom stereocenters. The minimum Gasteiger partial charge on any atom is -0.323 e. The van der Waals surface area contributed by atoms with Crippen molar-refractivity contribution in [3.05, 3.63) is 0 Å². The second kappa shape index (κ2) is 1.32. The number of hydrogen-bond donors (Lipinski definition) is 1. The number of likely N-dealkylation sites (N-methyl/N-ethyl adjacent to an activating group) is 1. The van der Waals surface area contributed by atoms with Gasteiger partial charge in [-0.25, -0.2) is 0 Å². The maximum absolute atomic E-state index is 6.04. The van der Waals surface area contributed by atoms with Gasteiger partial charge in [-0.15, -0.1) is 0 Å². The molecule has 0 amide bonds. The van der Waals surface area contributed by atoms with E-state index in [2.05, 4.69) is 18.9 Å². The average molecular weight is 126 g/mol. The van der Waals surface area contributed by atoms with Crippen LogP contribution in [0.1, 0.15) is 6.92 Å². The van der Waals surface area contributed by atoms with Crippen LogP contribution < -0.4 is 5.73 Å². The summed E-state index contributed by atoms with van der Waals surface area (Å²) in [6, 6.07) is 0. The first-order valence-corrected chi connectivity index (χ1v) is 3.62. The number of likely N-dealkylation sites (tertiary alicyclic amines) is 1. The molecule has 9 heavy (non-hydrogen) atoms. The number of nitrogens with zero attached hydrogens (tertiary/aromatic N) is 1. The van der Waals surface area contributed by atoms with Gasteiger partial charge in [-0.1, -0.05) is 6.92 Å². The number of rotatable bonds is 0. The van der Waals surface area contributed by atoms with Gasteiger partial charge in [0.25, 0.3) is 0 Å². The first-order chi connectivity index (χ1) is 4.14. The van der Waals surface area contributed by atoms with Crippen LogP contribution in [0, 0.1) is 11.8 Å². The molecule has 1 aliphatic carbocycles. The molecule has 0 radical (unpaired) electrons. The highest BCUT2D eigenvalue weighted by atomic mass is 15.2. The Balaban J connectivity index is 2.12. The van der Waals surface area contributed by atoms with Crippen molar-refractivity contribution in [1.82, 2.24) is 4.90 Å². The van der Waals surface area contributed by atoms with Crippen LogP contribution in [-0.4, -0.2) is 30.6 Å². The number of piperidine rings is 1. The molecule has 2 rings (SSSR count). The van der Waals surface area contributed by atoms with Crippen LogP contribution in [0.4, 0.5) is 0 Å². The third-order valence-corrected chi connectivity index (χ3v) is 3.08. The van der Waals surface area contributed by atoms with Gasteiger partial charge in [0.2, 0.25) is 0 Å². The van der Waals surface area contributed by atoms with Gasteiger partial charge in [0.05, 0.1) is 0 Å². The van der Waals surface area contributed by atoms with E-state index < -0.39 is 0 Å². The lowest BCUT2D eigenvalue weighted by Gasteiger charge is -2.13. The highest BCUT2D eigenvalue weighted by molar-refractivity contribution is 5.20. The molecule has 2 nitrogen and oxygen atoms in total. The van der Waals surface area contributed by atoms with Crippen LogP contribution in [0.15, 0.2) is 0 Å². The molecule has 1 heterocycles. The third-order valence-electron chi connectivity index (χ3n) is 3.08. The summed E-state index contributed by atoms with van der Waals surface area (Å²) in [4.78, 5) is 2.32. The largest absolute Gasteiger partial charge is 0.323 e. The molecule has 3 atom stereocenters. The molecule has 1 aliphatic heterocycles. The zero-order valence-corrected chi connectivity index (χ0v) is 6.09. The van der Waals surface area contributed by atoms with E-state index in [1.807, 2.05) is 0 Å². The fraction of sp³-hybridized carbons (Fsp3) is 1.00. The summed E-state index contributed by atoms with van der Waals surface area (Å²) >= 11 is 0. The van der Waals surface area contributed by atoms with E-state index in [-0.39, 0.29) is 5.54 Å². The summed E-state index contributed by atoms with van der Waals surface area (Å²) in [5, 5.41) is 0. The molecule has 0 aromatic rings. The average Bonchev–Trinajstić information content (AvgIpc) is 2.23. The lowest BCUT2D eigenvalue weighted by atomic mass is 10.2. The van der Waals surface area contributed by atoms with E-state index in [1.165, 1.54) is 6.54 Å². The summed E-state index contributed by atoms with van der Waals surface area (Å²) in [6.45, 7) is 4.59. The van der Waals surface area contributed by atoms with Gasteiger partial charge < -0.3 is 10.6 Å². The maximum atomic E-state index is 6.04.